The zero-order valence-electron chi connectivity index (χ0n) is 7.22. The predicted octanol–water partition coefficient (Wildman–Crippen LogP) is 1.22. The topological polar surface area (TPSA) is 29.1 Å². The van der Waals surface area contributed by atoms with E-state index in [4.69, 9.17) is 0 Å². The largest absolute Gasteiger partial charge is 0.306 e. The summed E-state index contributed by atoms with van der Waals surface area (Å²) in [5.41, 5.74) is 0. The molecule has 0 radical (unpaired) electrons. The van der Waals surface area contributed by atoms with Gasteiger partial charge in [-0.15, -0.1) is 0 Å². The molecule has 0 aromatic rings. The molecule has 0 saturated heterocycles. The molecule has 0 spiro atoms. The summed E-state index contributed by atoms with van der Waals surface area (Å²) in [7, 11) is 0. The first-order chi connectivity index (χ1) is 5.26. The Labute approximate surface area is 76.9 Å². The smallest absolute Gasteiger partial charge is 0.206 e. The molecule has 1 N–H and O–H groups in total. The van der Waals surface area contributed by atoms with E-state index >= 15 is 0 Å². The standard InChI is InChI=1S/C7H15NOS2/c1-4-8-6(5-10-2)7(9)11-3/h6,8H,4-5H2,1-3H3. The van der Waals surface area contributed by atoms with Crippen molar-refractivity contribution in [3.05, 3.63) is 0 Å². The van der Waals surface area contributed by atoms with E-state index in [1.165, 1.54) is 11.8 Å². The lowest BCUT2D eigenvalue weighted by molar-refractivity contribution is -0.112. The maximum atomic E-state index is 11.2. The molecule has 0 saturated carbocycles. The van der Waals surface area contributed by atoms with Crippen molar-refractivity contribution in [1.82, 2.24) is 5.32 Å². The van der Waals surface area contributed by atoms with Gasteiger partial charge in [-0.25, -0.2) is 0 Å². The fraction of sp³-hybridized carbons (Fsp3) is 0.857. The van der Waals surface area contributed by atoms with Gasteiger partial charge in [-0.05, 0) is 19.1 Å². The SMILES string of the molecule is CCNC(CSC)C(=O)SC. The van der Waals surface area contributed by atoms with E-state index in [9.17, 15) is 4.79 Å². The minimum absolute atomic E-state index is 0.0324. The zero-order chi connectivity index (χ0) is 8.69. The Morgan fingerprint density at radius 2 is 2.18 bits per heavy atom. The first kappa shape index (κ1) is 11.3. The van der Waals surface area contributed by atoms with Gasteiger partial charge in [-0.1, -0.05) is 18.7 Å². The van der Waals surface area contributed by atoms with E-state index in [-0.39, 0.29) is 11.2 Å². The fourth-order valence-corrected chi connectivity index (χ4v) is 1.92. The van der Waals surface area contributed by atoms with Crippen molar-refractivity contribution in [2.75, 3.05) is 24.8 Å². The van der Waals surface area contributed by atoms with Crippen LogP contribution in [0.1, 0.15) is 6.92 Å². The van der Waals surface area contributed by atoms with Crippen LogP contribution < -0.4 is 5.32 Å². The van der Waals surface area contributed by atoms with Crippen LogP contribution in [0.2, 0.25) is 0 Å². The van der Waals surface area contributed by atoms with E-state index in [1.807, 2.05) is 19.4 Å². The lowest BCUT2D eigenvalue weighted by Crippen LogP contribution is -2.37. The van der Waals surface area contributed by atoms with Crippen LogP contribution in [-0.4, -0.2) is 36.0 Å². The number of hydrogen-bond donors (Lipinski definition) is 1. The zero-order valence-corrected chi connectivity index (χ0v) is 8.85. The van der Waals surface area contributed by atoms with Crippen molar-refractivity contribution in [3.8, 4) is 0 Å². The molecule has 4 heteroatoms. The van der Waals surface area contributed by atoms with Crippen molar-refractivity contribution in [3.63, 3.8) is 0 Å². The van der Waals surface area contributed by atoms with Crippen LogP contribution in [0.4, 0.5) is 0 Å². The Hall–Kier alpha value is 0.330. The quantitative estimate of drug-likeness (QED) is 0.711. The summed E-state index contributed by atoms with van der Waals surface area (Å²) in [5.74, 6) is 0.869. The van der Waals surface area contributed by atoms with Crippen LogP contribution in [0.25, 0.3) is 0 Å². The average molecular weight is 193 g/mol. The molecule has 0 heterocycles. The number of rotatable bonds is 5. The van der Waals surface area contributed by atoms with E-state index < -0.39 is 0 Å². The summed E-state index contributed by atoms with van der Waals surface area (Å²) in [6.07, 6.45) is 3.84. The Balaban J connectivity index is 3.76. The molecule has 0 aromatic heterocycles. The van der Waals surface area contributed by atoms with Crippen LogP contribution in [0, 0.1) is 0 Å². The highest BCUT2D eigenvalue weighted by Gasteiger charge is 2.14. The minimum atomic E-state index is 0.0324. The predicted molar refractivity (Wildman–Crippen MR) is 54.4 cm³/mol. The molecule has 11 heavy (non-hydrogen) atoms. The second-order valence-electron chi connectivity index (χ2n) is 2.09. The van der Waals surface area contributed by atoms with Gasteiger partial charge in [0.05, 0.1) is 6.04 Å². The highest BCUT2D eigenvalue weighted by molar-refractivity contribution is 8.13. The van der Waals surface area contributed by atoms with Crippen LogP contribution in [0.3, 0.4) is 0 Å². The van der Waals surface area contributed by atoms with E-state index in [2.05, 4.69) is 5.32 Å². The summed E-state index contributed by atoms with van der Waals surface area (Å²) < 4.78 is 0. The maximum Gasteiger partial charge on any atom is 0.206 e. The van der Waals surface area contributed by atoms with E-state index in [0.29, 0.717) is 0 Å². The van der Waals surface area contributed by atoms with Crippen LogP contribution >= 0.6 is 23.5 Å². The lowest BCUT2D eigenvalue weighted by atomic mass is 10.4. The highest BCUT2D eigenvalue weighted by Crippen LogP contribution is 2.05. The van der Waals surface area contributed by atoms with Gasteiger partial charge in [0.15, 0.2) is 0 Å². The fourth-order valence-electron chi connectivity index (χ4n) is 0.766. The first-order valence-corrected chi connectivity index (χ1v) is 6.18. The molecule has 1 unspecified atom stereocenters. The monoisotopic (exact) mass is 193 g/mol. The summed E-state index contributed by atoms with van der Waals surface area (Å²) in [5, 5.41) is 3.38. The van der Waals surface area contributed by atoms with Crippen molar-refractivity contribution in [2.24, 2.45) is 0 Å². The molecule has 0 aliphatic heterocycles. The number of carbonyl (C=O) groups is 1. The number of thioether (sulfide) groups is 2. The second-order valence-corrected chi connectivity index (χ2v) is 3.81. The number of likely N-dealkylation sites (N-methyl/N-ethyl adjacent to an activating group) is 1. The molecule has 0 fully saturated rings. The van der Waals surface area contributed by atoms with Gasteiger partial charge >= 0.3 is 0 Å². The average Bonchev–Trinajstić information content (AvgIpc) is 2.03. The molecular weight excluding hydrogens is 178 g/mol. The Bertz CT molecular complexity index is 113. The molecule has 0 bridgehead atoms. The molecule has 0 amide bonds. The normalized spacial score (nSPS) is 13.0. The van der Waals surface area contributed by atoms with Crippen molar-refractivity contribution >= 4 is 28.6 Å². The Morgan fingerprint density at radius 1 is 1.55 bits per heavy atom. The molecule has 0 aliphatic carbocycles. The molecule has 0 aliphatic rings. The molecule has 0 rings (SSSR count). The molecule has 1 atom stereocenters. The number of hydrogen-bond acceptors (Lipinski definition) is 4. The van der Waals surface area contributed by atoms with E-state index in [0.717, 1.165) is 12.3 Å². The van der Waals surface area contributed by atoms with Crippen LogP contribution in [-0.2, 0) is 4.79 Å². The van der Waals surface area contributed by atoms with Crippen molar-refractivity contribution in [1.29, 1.82) is 0 Å². The van der Waals surface area contributed by atoms with Gasteiger partial charge in [0, 0.05) is 5.75 Å². The summed E-state index contributed by atoms with van der Waals surface area (Å²) in [6, 6.07) is 0.0324. The van der Waals surface area contributed by atoms with Crippen LogP contribution in [0.5, 0.6) is 0 Å². The summed E-state index contributed by atoms with van der Waals surface area (Å²) in [4.78, 5) is 11.2. The van der Waals surface area contributed by atoms with Gasteiger partial charge < -0.3 is 5.32 Å². The maximum absolute atomic E-state index is 11.2. The molecule has 66 valence electrons. The first-order valence-electron chi connectivity index (χ1n) is 3.56. The third kappa shape index (κ3) is 4.71. The van der Waals surface area contributed by atoms with E-state index in [1.54, 1.807) is 11.8 Å². The van der Waals surface area contributed by atoms with Crippen molar-refractivity contribution < 1.29 is 4.79 Å². The lowest BCUT2D eigenvalue weighted by Gasteiger charge is -2.12. The number of nitrogens with one attached hydrogen (secondary N) is 1. The Kier molecular flexibility index (Phi) is 7.22. The van der Waals surface area contributed by atoms with Gasteiger partial charge in [0.2, 0.25) is 5.12 Å². The molecular formula is C7H15NOS2. The summed E-state index contributed by atoms with van der Waals surface area (Å²) in [6.45, 7) is 2.87. The minimum Gasteiger partial charge on any atom is -0.306 e. The summed E-state index contributed by atoms with van der Waals surface area (Å²) >= 11 is 2.99. The van der Waals surface area contributed by atoms with Crippen LogP contribution in [0.15, 0.2) is 0 Å². The van der Waals surface area contributed by atoms with Gasteiger partial charge in [0.25, 0.3) is 0 Å². The highest BCUT2D eigenvalue weighted by atomic mass is 32.2. The van der Waals surface area contributed by atoms with Gasteiger partial charge in [-0.2, -0.15) is 11.8 Å². The molecule has 2 nitrogen and oxygen atoms in total. The molecule has 0 aromatic carbocycles. The van der Waals surface area contributed by atoms with Crippen molar-refractivity contribution in [2.45, 2.75) is 13.0 Å². The number of carbonyl (C=O) groups excluding carboxylic acids is 1. The third-order valence-electron chi connectivity index (χ3n) is 1.27. The third-order valence-corrected chi connectivity index (χ3v) is 2.62. The Morgan fingerprint density at radius 3 is 2.55 bits per heavy atom. The second kappa shape index (κ2) is 7.00. The van der Waals surface area contributed by atoms with Gasteiger partial charge in [0.1, 0.15) is 0 Å². The van der Waals surface area contributed by atoms with Gasteiger partial charge in [-0.3, -0.25) is 4.79 Å².